The molecule has 0 saturated carbocycles. The minimum absolute atomic E-state index is 0.0521. The predicted octanol–water partition coefficient (Wildman–Crippen LogP) is 2.78. The maximum absolute atomic E-state index is 13.0. The van der Waals surface area contributed by atoms with E-state index in [0.717, 1.165) is 16.8 Å². The van der Waals surface area contributed by atoms with Crippen LogP contribution < -0.4 is 10.2 Å². The fraction of sp³-hybridized carbons (Fsp3) is 0.292. The van der Waals surface area contributed by atoms with Gasteiger partial charge in [0.25, 0.3) is 5.91 Å². The largest absolute Gasteiger partial charge is 0.379 e. The molecule has 0 atom stereocenters. The second kappa shape index (κ2) is 8.84. The molecule has 0 unspecified atom stereocenters. The highest BCUT2D eigenvalue weighted by Gasteiger charge is 2.43. The molecule has 1 aliphatic heterocycles. The molecule has 1 aromatic carbocycles. The van der Waals surface area contributed by atoms with Gasteiger partial charge in [0.2, 0.25) is 5.91 Å². The minimum atomic E-state index is -0.554. The number of hydrogen-bond acceptors (Lipinski definition) is 6. The lowest BCUT2D eigenvalue weighted by atomic mass is 9.87. The number of aromatic nitrogens is 3. The third kappa shape index (κ3) is 4.50. The Balaban J connectivity index is 1.66. The molecule has 3 aromatic rings. The van der Waals surface area contributed by atoms with Crippen molar-refractivity contribution in [2.24, 2.45) is 5.41 Å². The van der Waals surface area contributed by atoms with Crippen molar-refractivity contribution in [2.45, 2.75) is 20.4 Å². The lowest BCUT2D eigenvalue weighted by Gasteiger charge is -2.39. The van der Waals surface area contributed by atoms with E-state index in [9.17, 15) is 9.59 Å². The fourth-order valence-corrected chi connectivity index (χ4v) is 3.47. The number of carbonyl (C=O) groups excluding carboxylic acids is 2. The average Bonchev–Trinajstić information content (AvgIpc) is 2.80. The molecule has 1 saturated heterocycles. The number of amides is 2. The van der Waals surface area contributed by atoms with Crippen molar-refractivity contribution in [3.63, 3.8) is 0 Å². The summed E-state index contributed by atoms with van der Waals surface area (Å²) < 4.78 is 5.25. The third-order valence-corrected chi connectivity index (χ3v) is 5.48. The van der Waals surface area contributed by atoms with Gasteiger partial charge in [-0.15, -0.1) is 0 Å². The second-order valence-corrected chi connectivity index (χ2v) is 8.29. The number of nitrogens with zero attached hydrogens (tertiary/aromatic N) is 4. The molecule has 1 fully saturated rings. The van der Waals surface area contributed by atoms with Gasteiger partial charge in [0.1, 0.15) is 0 Å². The summed E-state index contributed by atoms with van der Waals surface area (Å²) in [6.45, 7) is 4.88. The first-order valence-electron chi connectivity index (χ1n) is 10.3. The summed E-state index contributed by atoms with van der Waals surface area (Å²) in [5.74, 6) is -0.325. The number of ether oxygens (including phenoxy) is 1. The topological polar surface area (TPSA) is 97.3 Å². The van der Waals surface area contributed by atoms with Crippen LogP contribution in [0.15, 0.2) is 55.1 Å². The summed E-state index contributed by atoms with van der Waals surface area (Å²) in [6, 6.07) is 9.23. The average molecular weight is 431 g/mol. The number of aryl methyl sites for hydroxylation is 1. The maximum Gasteiger partial charge on any atom is 0.251 e. The number of benzene rings is 1. The molecule has 3 heterocycles. The zero-order valence-corrected chi connectivity index (χ0v) is 18.3. The molecule has 164 valence electrons. The number of pyridine rings is 1. The van der Waals surface area contributed by atoms with E-state index in [1.807, 2.05) is 32.0 Å². The van der Waals surface area contributed by atoms with Crippen LogP contribution in [-0.2, 0) is 16.1 Å². The number of hydrogen-bond donors (Lipinski definition) is 1. The van der Waals surface area contributed by atoms with Crippen LogP contribution in [0.2, 0.25) is 0 Å². The van der Waals surface area contributed by atoms with Crippen LogP contribution in [0.4, 0.5) is 5.69 Å². The molecular weight excluding hydrogens is 406 g/mol. The van der Waals surface area contributed by atoms with E-state index in [-0.39, 0.29) is 18.4 Å². The zero-order valence-electron chi connectivity index (χ0n) is 18.3. The van der Waals surface area contributed by atoms with Gasteiger partial charge >= 0.3 is 0 Å². The van der Waals surface area contributed by atoms with E-state index in [1.165, 1.54) is 0 Å². The summed E-state index contributed by atoms with van der Waals surface area (Å²) in [5.41, 5.74) is 3.66. The molecule has 32 heavy (non-hydrogen) atoms. The highest BCUT2D eigenvalue weighted by atomic mass is 16.5. The van der Waals surface area contributed by atoms with Crippen molar-refractivity contribution in [2.75, 3.05) is 25.2 Å². The Hall–Kier alpha value is -3.65. The highest BCUT2D eigenvalue weighted by Crippen LogP contribution is 2.32. The van der Waals surface area contributed by atoms with E-state index in [4.69, 9.17) is 4.74 Å². The predicted molar refractivity (Wildman–Crippen MR) is 120 cm³/mol. The van der Waals surface area contributed by atoms with Gasteiger partial charge in [-0.3, -0.25) is 24.5 Å². The molecule has 2 aromatic heterocycles. The lowest BCUT2D eigenvalue weighted by Crippen LogP contribution is -2.52. The molecule has 1 aliphatic rings. The van der Waals surface area contributed by atoms with E-state index < -0.39 is 5.41 Å². The van der Waals surface area contributed by atoms with Crippen LogP contribution in [0.5, 0.6) is 0 Å². The molecule has 0 spiro atoms. The molecule has 8 heteroatoms. The number of anilines is 1. The molecule has 2 amide bonds. The van der Waals surface area contributed by atoms with Gasteiger partial charge in [-0.25, -0.2) is 0 Å². The van der Waals surface area contributed by atoms with Crippen molar-refractivity contribution in [1.82, 2.24) is 20.3 Å². The molecule has 0 radical (unpaired) electrons. The van der Waals surface area contributed by atoms with E-state index in [2.05, 4.69) is 20.3 Å². The quantitative estimate of drug-likeness (QED) is 0.645. The SMILES string of the molecule is Cc1ccc(-c2cc(C(=O)NCc3cnccn3)cc(N(C)C(=O)C3(C)COC3)c2)nc1. The first kappa shape index (κ1) is 21.6. The summed E-state index contributed by atoms with van der Waals surface area (Å²) in [6.07, 6.45) is 6.54. The first-order valence-corrected chi connectivity index (χ1v) is 10.3. The summed E-state index contributed by atoms with van der Waals surface area (Å²) in [7, 11) is 1.72. The molecule has 1 N–H and O–H groups in total. The number of nitrogens with one attached hydrogen (secondary N) is 1. The van der Waals surface area contributed by atoms with Gasteiger partial charge < -0.3 is 15.0 Å². The normalized spacial score (nSPS) is 14.3. The van der Waals surface area contributed by atoms with Crippen LogP contribution in [0.25, 0.3) is 11.3 Å². The van der Waals surface area contributed by atoms with Gasteiger partial charge in [-0.2, -0.15) is 0 Å². The summed E-state index contributed by atoms with van der Waals surface area (Å²) >= 11 is 0. The van der Waals surface area contributed by atoms with Crippen LogP contribution in [0.1, 0.15) is 28.5 Å². The summed E-state index contributed by atoms with van der Waals surface area (Å²) in [4.78, 5) is 40.3. The van der Waals surface area contributed by atoms with Crippen LogP contribution >= 0.6 is 0 Å². The van der Waals surface area contributed by atoms with Crippen LogP contribution in [-0.4, -0.2) is 47.0 Å². The van der Waals surface area contributed by atoms with Crippen molar-refractivity contribution in [3.05, 3.63) is 71.9 Å². The van der Waals surface area contributed by atoms with Gasteiger partial charge in [0.15, 0.2) is 0 Å². The molecule has 0 aliphatic carbocycles. The van der Waals surface area contributed by atoms with E-state index in [0.29, 0.717) is 30.2 Å². The van der Waals surface area contributed by atoms with Crippen molar-refractivity contribution in [3.8, 4) is 11.3 Å². The van der Waals surface area contributed by atoms with Crippen molar-refractivity contribution in [1.29, 1.82) is 0 Å². The van der Waals surface area contributed by atoms with E-state index in [1.54, 1.807) is 48.9 Å². The Morgan fingerprint density at radius 2 is 1.94 bits per heavy atom. The smallest absolute Gasteiger partial charge is 0.251 e. The van der Waals surface area contributed by atoms with Crippen molar-refractivity contribution >= 4 is 17.5 Å². The zero-order chi connectivity index (χ0) is 22.7. The molecule has 0 bridgehead atoms. The highest BCUT2D eigenvalue weighted by molar-refractivity contribution is 6.01. The standard InChI is InChI=1S/C24H25N5O3/c1-16-4-5-21(27-11-16)17-8-18(22(30)28-13-19-12-25-6-7-26-19)10-20(9-17)29(3)23(31)24(2)14-32-15-24/h4-12H,13-15H2,1-3H3,(H,28,30). The van der Waals surface area contributed by atoms with Gasteiger partial charge in [0.05, 0.1) is 42.8 Å². The molecular formula is C24H25N5O3. The Kier molecular flexibility index (Phi) is 5.96. The minimum Gasteiger partial charge on any atom is -0.379 e. The first-order chi connectivity index (χ1) is 15.4. The van der Waals surface area contributed by atoms with Gasteiger partial charge in [-0.1, -0.05) is 6.07 Å². The Morgan fingerprint density at radius 3 is 2.56 bits per heavy atom. The monoisotopic (exact) mass is 431 g/mol. The Bertz CT molecular complexity index is 1130. The fourth-order valence-electron chi connectivity index (χ4n) is 3.47. The van der Waals surface area contributed by atoms with Crippen molar-refractivity contribution < 1.29 is 14.3 Å². The summed E-state index contributed by atoms with van der Waals surface area (Å²) in [5, 5.41) is 2.87. The lowest BCUT2D eigenvalue weighted by molar-refractivity contribution is -0.154. The van der Waals surface area contributed by atoms with Crippen LogP contribution in [0.3, 0.4) is 0 Å². The Labute approximate surface area is 186 Å². The van der Waals surface area contributed by atoms with Gasteiger partial charge in [-0.05, 0) is 43.7 Å². The molecule has 4 rings (SSSR count). The number of carbonyl (C=O) groups is 2. The van der Waals surface area contributed by atoms with Gasteiger partial charge in [0, 0.05) is 42.5 Å². The third-order valence-electron chi connectivity index (χ3n) is 5.48. The maximum atomic E-state index is 13.0. The second-order valence-electron chi connectivity index (χ2n) is 8.29. The van der Waals surface area contributed by atoms with E-state index >= 15 is 0 Å². The Morgan fingerprint density at radius 1 is 1.12 bits per heavy atom. The van der Waals surface area contributed by atoms with Crippen LogP contribution in [0, 0.1) is 12.3 Å². The molecule has 8 nitrogen and oxygen atoms in total. The number of rotatable bonds is 6.